The van der Waals surface area contributed by atoms with Gasteiger partial charge in [0.25, 0.3) is 0 Å². The van der Waals surface area contributed by atoms with Crippen molar-refractivity contribution >= 4 is 5.69 Å². The second kappa shape index (κ2) is 3.53. The highest BCUT2D eigenvalue weighted by Gasteiger charge is 2.20. The summed E-state index contributed by atoms with van der Waals surface area (Å²) < 4.78 is 26.0. The molecule has 1 heterocycles. The van der Waals surface area contributed by atoms with Gasteiger partial charge in [0.1, 0.15) is 11.6 Å². The van der Waals surface area contributed by atoms with Crippen LogP contribution in [0.3, 0.4) is 0 Å². The smallest absolute Gasteiger partial charge is 0.149 e. The van der Waals surface area contributed by atoms with E-state index in [0.717, 1.165) is 25.5 Å². The van der Waals surface area contributed by atoms with Crippen molar-refractivity contribution in [3.63, 3.8) is 0 Å². The Morgan fingerprint density at radius 3 is 2.79 bits per heavy atom. The summed E-state index contributed by atoms with van der Waals surface area (Å²) in [5.41, 5.74) is 6.15. The number of nitrogens with one attached hydrogen (secondary N) is 1. The molecule has 2 nitrogen and oxygen atoms in total. The lowest BCUT2D eigenvalue weighted by Crippen LogP contribution is -2.15. The second-order valence-electron chi connectivity index (χ2n) is 3.54. The average molecular weight is 198 g/mol. The van der Waals surface area contributed by atoms with E-state index < -0.39 is 11.6 Å². The largest absolute Gasteiger partial charge is 0.396 e. The zero-order chi connectivity index (χ0) is 10.1. The van der Waals surface area contributed by atoms with Crippen LogP contribution >= 0.6 is 0 Å². The fraction of sp³-hybridized carbons (Fsp3) is 0.400. The summed E-state index contributed by atoms with van der Waals surface area (Å²) in [5, 5.41) is 3.15. The molecule has 0 bridgehead atoms. The minimum Gasteiger partial charge on any atom is -0.396 e. The topological polar surface area (TPSA) is 38.0 Å². The van der Waals surface area contributed by atoms with Crippen LogP contribution in [0, 0.1) is 11.6 Å². The Bertz CT molecular complexity index is 346. The molecule has 0 aromatic heterocycles. The van der Waals surface area contributed by atoms with Crippen LogP contribution in [0.15, 0.2) is 12.1 Å². The number of benzene rings is 1. The predicted molar refractivity (Wildman–Crippen MR) is 50.7 cm³/mol. The van der Waals surface area contributed by atoms with E-state index in [-0.39, 0.29) is 11.7 Å². The van der Waals surface area contributed by atoms with E-state index in [2.05, 4.69) is 5.32 Å². The molecule has 0 unspecified atom stereocenters. The van der Waals surface area contributed by atoms with Crippen molar-refractivity contribution < 1.29 is 8.78 Å². The fourth-order valence-corrected chi connectivity index (χ4v) is 1.84. The van der Waals surface area contributed by atoms with Gasteiger partial charge in [-0.05, 0) is 31.0 Å². The van der Waals surface area contributed by atoms with Crippen LogP contribution in [0.1, 0.15) is 24.4 Å². The standard InChI is InChI=1S/C10H12F2N2/c11-6-4-7(9-2-1-3-14-9)10(13)8(12)5-6/h4-5,9,14H,1-3,13H2/t9-/m0/s1. The zero-order valence-electron chi connectivity index (χ0n) is 7.69. The fourth-order valence-electron chi connectivity index (χ4n) is 1.84. The summed E-state index contributed by atoms with van der Waals surface area (Å²) in [6.07, 6.45) is 1.90. The second-order valence-corrected chi connectivity index (χ2v) is 3.54. The molecular formula is C10H12F2N2. The molecule has 76 valence electrons. The highest BCUT2D eigenvalue weighted by Crippen LogP contribution is 2.29. The lowest BCUT2D eigenvalue weighted by molar-refractivity contribution is 0.570. The van der Waals surface area contributed by atoms with Crippen molar-refractivity contribution in [2.24, 2.45) is 0 Å². The Hall–Kier alpha value is -1.16. The molecule has 0 saturated carbocycles. The van der Waals surface area contributed by atoms with Crippen LogP contribution < -0.4 is 11.1 Å². The lowest BCUT2D eigenvalue weighted by atomic mass is 10.0. The molecule has 1 aliphatic rings. The van der Waals surface area contributed by atoms with Gasteiger partial charge in [-0.25, -0.2) is 8.78 Å². The van der Waals surface area contributed by atoms with Gasteiger partial charge in [0, 0.05) is 12.1 Å². The summed E-state index contributed by atoms with van der Waals surface area (Å²) >= 11 is 0. The third kappa shape index (κ3) is 1.57. The predicted octanol–water partition coefficient (Wildman–Crippen LogP) is 1.97. The molecule has 1 atom stereocenters. The molecule has 2 rings (SSSR count). The maximum atomic E-state index is 13.1. The number of anilines is 1. The molecule has 0 aliphatic carbocycles. The van der Waals surface area contributed by atoms with Crippen molar-refractivity contribution in [3.05, 3.63) is 29.3 Å². The van der Waals surface area contributed by atoms with Crippen LogP contribution in [0.25, 0.3) is 0 Å². The maximum Gasteiger partial charge on any atom is 0.149 e. The highest BCUT2D eigenvalue weighted by molar-refractivity contribution is 5.50. The monoisotopic (exact) mass is 198 g/mol. The van der Waals surface area contributed by atoms with Gasteiger partial charge in [-0.15, -0.1) is 0 Å². The summed E-state index contributed by atoms with van der Waals surface area (Å²) in [6.45, 7) is 0.877. The van der Waals surface area contributed by atoms with Gasteiger partial charge in [-0.1, -0.05) is 0 Å². The lowest BCUT2D eigenvalue weighted by Gasteiger charge is -2.13. The van der Waals surface area contributed by atoms with Gasteiger partial charge in [0.05, 0.1) is 5.69 Å². The molecule has 0 amide bonds. The molecule has 1 aromatic carbocycles. The van der Waals surface area contributed by atoms with E-state index >= 15 is 0 Å². The van der Waals surface area contributed by atoms with E-state index in [1.807, 2.05) is 0 Å². The van der Waals surface area contributed by atoms with Crippen LogP contribution in [0.4, 0.5) is 14.5 Å². The Morgan fingerprint density at radius 2 is 2.14 bits per heavy atom. The molecule has 4 heteroatoms. The third-order valence-electron chi connectivity index (χ3n) is 2.56. The number of rotatable bonds is 1. The van der Waals surface area contributed by atoms with Crippen molar-refractivity contribution in [2.75, 3.05) is 12.3 Å². The number of halogens is 2. The molecular weight excluding hydrogens is 186 g/mol. The maximum absolute atomic E-state index is 13.1. The highest BCUT2D eigenvalue weighted by atomic mass is 19.1. The van der Waals surface area contributed by atoms with Crippen LogP contribution in [-0.4, -0.2) is 6.54 Å². The van der Waals surface area contributed by atoms with Gasteiger partial charge in [-0.2, -0.15) is 0 Å². The van der Waals surface area contributed by atoms with E-state index in [1.54, 1.807) is 0 Å². The zero-order valence-corrected chi connectivity index (χ0v) is 7.69. The summed E-state index contributed by atoms with van der Waals surface area (Å²) in [5.74, 6) is -1.24. The number of hydrogen-bond acceptors (Lipinski definition) is 2. The Labute approximate surface area is 81.1 Å². The van der Waals surface area contributed by atoms with E-state index in [0.29, 0.717) is 5.56 Å². The molecule has 1 saturated heterocycles. The number of nitrogens with two attached hydrogens (primary N) is 1. The van der Waals surface area contributed by atoms with Crippen molar-refractivity contribution in [1.29, 1.82) is 0 Å². The molecule has 0 radical (unpaired) electrons. The quantitative estimate of drug-likeness (QED) is 0.677. The van der Waals surface area contributed by atoms with E-state index in [4.69, 9.17) is 5.73 Å². The van der Waals surface area contributed by atoms with Gasteiger partial charge in [0.15, 0.2) is 0 Å². The molecule has 3 N–H and O–H groups in total. The SMILES string of the molecule is Nc1c(F)cc(F)cc1[C@@H]1CCCN1. The van der Waals surface area contributed by atoms with E-state index in [1.165, 1.54) is 6.07 Å². The minimum absolute atomic E-state index is 0.000185. The Morgan fingerprint density at radius 1 is 1.36 bits per heavy atom. The molecule has 14 heavy (non-hydrogen) atoms. The molecule has 1 aromatic rings. The van der Waals surface area contributed by atoms with Crippen molar-refractivity contribution in [1.82, 2.24) is 5.32 Å². The Kier molecular flexibility index (Phi) is 2.37. The van der Waals surface area contributed by atoms with E-state index in [9.17, 15) is 8.78 Å². The number of nitrogen functional groups attached to an aromatic ring is 1. The summed E-state index contributed by atoms with van der Waals surface area (Å²) in [6, 6.07) is 2.12. The normalized spacial score (nSPS) is 21.4. The first-order chi connectivity index (χ1) is 6.68. The first-order valence-electron chi connectivity index (χ1n) is 4.66. The Balaban J connectivity index is 2.40. The molecule has 1 aliphatic heterocycles. The van der Waals surface area contributed by atoms with Crippen LogP contribution in [-0.2, 0) is 0 Å². The minimum atomic E-state index is -0.672. The van der Waals surface area contributed by atoms with Gasteiger partial charge in [0.2, 0.25) is 0 Å². The summed E-state index contributed by atoms with van der Waals surface area (Å²) in [4.78, 5) is 0. The molecule has 1 fully saturated rings. The van der Waals surface area contributed by atoms with Crippen LogP contribution in [0.5, 0.6) is 0 Å². The van der Waals surface area contributed by atoms with Gasteiger partial charge >= 0.3 is 0 Å². The van der Waals surface area contributed by atoms with Gasteiger partial charge < -0.3 is 11.1 Å². The first-order valence-corrected chi connectivity index (χ1v) is 4.66. The third-order valence-corrected chi connectivity index (χ3v) is 2.56. The van der Waals surface area contributed by atoms with Crippen LogP contribution in [0.2, 0.25) is 0 Å². The average Bonchev–Trinajstić information content (AvgIpc) is 2.63. The van der Waals surface area contributed by atoms with Crippen molar-refractivity contribution in [2.45, 2.75) is 18.9 Å². The van der Waals surface area contributed by atoms with Gasteiger partial charge in [-0.3, -0.25) is 0 Å². The molecule has 0 spiro atoms. The first kappa shape index (κ1) is 9.40. The number of hydrogen-bond donors (Lipinski definition) is 2. The summed E-state index contributed by atoms with van der Waals surface area (Å²) in [7, 11) is 0. The van der Waals surface area contributed by atoms with Crippen molar-refractivity contribution in [3.8, 4) is 0 Å².